The Morgan fingerprint density at radius 2 is 1.61 bits per heavy atom. The van der Waals surface area contributed by atoms with E-state index in [1.807, 2.05) is 38.1 Å². The number of carbonyl (C=O) groups excluding carboxylic acids is 2. The number of hydrogen-bond acceptors (Lipinski definition) is 6. The average Bonchev–Trinajstić information content (AvgIpc) is 3.04. The molecule has 0 bridgehead atoms. The minimum absolute atomic E-state index is 0.0187. The van der Waals surface area contributed by atoms with Gasteiger partial charge in [-0.2, -0.15) is 0 Å². The maximum absolute atomic E-state index is 14.4. The molecule has 0 aliphatic heterocycles. The van der Waals surface area contributed by atoms with Crippen LogP contribution in [0.25, 0.3) is 0 Å². The van der Waals surface area contributed by atoms with Crippen LogP contribution in [0, 0.1) is 6.92 Å². The molecule has 1 fully saturated rings. The van der Waals surface area contributed by atoms with Crippen LogP contribution < -0.4 is 19.1 Å². The first-order valence-electron chi connectivity index (χ1n) is 15.1. The fraction of sp³-hybridized carbons (Fsp3) is 0.412. The zero-order valence-electron chi connectivity index (χ0n) is 26.0. The van der Waals surface area contributed by atoms with E-state index in [1.54, 1.807) is 30.3 Å². The van der Waals surface area contributed by atoms with Crippen molar-refractivity contribution in [1.82, 2.24) is 10.2 Å². The molecule has 2 amide bonds. The van der Waals surface area contributed by atoms with Crippen LogP contribution in [-0.4, -0.2) is 58.0 Å². The number of ether oxygens (including phenoxy) is 2. The molecule has 1 aliphatic carbocycles. The third-order valence-electron chi connectivity index (χ3n) is 8.20. The summed E-state index contributed by atoms with van der Waals surface area (Å²) in [6, 6.07) is 19.7. The second-order valence-electron chi connectivity index (χ2n) is 11.1. The molecule has 0 aromatic heterocycles. The molecule has 1 atom stereocenters. The van der Waals surface area contributed by atoms with E-state index in [-0.39, 0.29) is 34.8 Å². The molecule has 0 unspecified atom stereocenters. The highest BCUT2D eigenvalue weighted by atomic mass is 32.2. The standard InChI is InChI=1S/C34H43N3O6S/c1-5-30(34(39)35-27-16-8-6-9-17-27)36(23-26-15-13-12-14-25(26)2)33(38)24-37(44(40,41)29-18-10-7-11-19-29)31-22-28(42-3)20-21-32(31)43-4/h7,10-15,18-22,27,30H,5-6,8-9,16-17,23-24H2,1-4H3,(H,35,39)/t30-/m1/s1. The summed E-state index contributed by atoms with van der Waals surface area (Å²) < 4.78 is 40.4. The highest BCUT2D eigenvalue weighted by Gasteiger charge is 2.35. The summed E-state index contributed by atoms with van der Waals surface area (Å²) in [6.07, 6.45) is 5.45. The quantitative estimate of drug-likeness (QED) is 0.272. The molecular weight excluding hydrogens is 578 g/mol. The zero-order valence-corrected chi connectivity index (χ0v) is 26.8. The van der Waals surface area contributed by atoms with Gasteiger partial charge < -0.3 is 19.7 Å². The molecule has 10 heteroatoms. The molecule has 0 radical (unpaired) electrons. The van der Waals surface area contributed by atoms with E-state index in [4.69, 9.17) is 9.47 Å². The first kappa shape index (κ1) is 32.9. The van der Waals surface area contributed by atoms with Gasteiger partial charge in [0.1, 0.15) is 24.1 Å². The van der Waals surface area contributed by atoms with Crippen molar-refractivity contribution >= 4 is 27.5 Å². The van der Waals surface area contributed by atoms with Gasteiger partial charge in [0.05, 0.1) is 24.8 Å². The van der Waals surface area contributed by atoms with Gasteiger partial charge in [0.25, 0.3) is 10.0 Å². The SMILES string of the molecule is CC[C@H](C(=O)NC1CCCCC1)N(Cc1ccccc1C)C(=O)CN(c1cc(OC)ccc1OC)S(=O)(=O)c1ccccc1. The van der Waals surface area contributed by atoms with E-state index < -0.39 is 28.5 Å². The number of sulfonamides is 1. The van der Waals surface area contributed by atoms with Crippen molar-refractivity contribution in [3.05, 3.63) is 83.9 Å². The van der Waals surface area contributed by atoms with Crippen molar-refractivity contribution in [3.8, 4) is 11.5 Å². The molecule has 1 saturated carbocycles. The monoisotopic (exact) mass is 621 g/mol. The maximum atomic E-state index is 14.4. The van der Waals surface area contributed by atoms with Crippen LogP contribution in [0.3, 0.4) is 0 Å². The number of anilines is 1. The Hall–Kier alpha value is -4.05. The lowest BCUT2D eigenvalue weighted by atomic mass is 9.95. The summed E-state index contributed by atoms with van der Waals surface area (Å²) >= 11 is 0. The smallest absolute Gasteiger partial charge is 0.264 e. The first-order chi connectivity index (χ1) is 21.2. The van der Waals surface area contributed by atoms with E-state index in [2.05, 4.69) is 5.32 Å². The summed E-state index contributed by atoms with van der Waals surface area (Å²) in [7, 11) is -1.33. The Bertz CT molecular complexity index is 1520. The van der Waals surface area contributed by atoms with Crippen LogP contribution in [0.5, 0.6) is 11.5 Å². The van der Waals surface area contributed by atoms with E-state index in [0.29, 0.717) is 12.2 Å². The highest BCUT2D eigenvalue weighted by Crippen LogP contribution is 2.36. The summed E-state index contributed by atoms with van der Waals surface area (Å²) in [5.74, 6) is -0.0803. The van der Waals surface area contributed by atoms with Gasteiger partial charge in [-0.25, -0.2) is 8.42 Å². The van der Waals surface area contributed by atoms with E-state index >= 15 is 0 Å². The molecule has 0 saturated heterocycles. The lowest BCUT2D eigenvalue weighted by molar-refractivity contribution is -0.140. The summed E-state index contributed by atoms with van der Waals surface area (Å²) in [4.78, 5) is 29.7. The first-order valence-corrected chi connectivity index (χ1v) is 16.6. The maximum Gasteiger partial charge on any atom is 0.264 e. The number of carbonyl (C=O) groups is 2. The number of amides is 2. The van der Waals surface area contributed by atoms with Crippen molar-refractivity contribution in [2.45, 2.75) is 75.9 Å². The third-order valence-corrected chi connectivity index (χ3v) is 9.98. The fourth-order valence-electron chi connectivity index (χ4n) is 5.66. The Labute approximate surface area is 261 Å². The topological polar surface area (TPSA) is 105 Å². The fourth-order valence-corrected chi connectivity index (χ4v) is 7.10. The zero-order chi connectivity index (χ0) is 31.7. The minimum atomic E-state index is -4.25. The lowest BCUT2D eigenvalue weighted by Gasteiger charge is -2.35. The Balaban J connectivity index is 1.77. The molecule has 0 spiro atoms. The molecule has 1 N–H and O–H groups in total. The number of methoxy groups -OCH3 is 2. The third kappa shape index (κ3) is 7.72. The molecule has 3 aromatic rings. The average molecular weight is 622 g/mol. The number of nitrogens with one attached hydrogen (secondary N) is 1. The second-order valence-corrected chi connectivity index (χ2v) is 12.9. The Morgan fingerprint density at radius 3 is 2.25 bits per heavy atom. The van der Waals surface area contributed by atoms with Crippen LogP contribution in [0.1, 0.15) is 56.6 Å². The van der Waals surface area contributed by atoms with Crippen LogP contribution in [0.15, 0.2) is 77.7 Å². The van der Waals surface area contributed by atoms with Crippen LogP contribution in [0.4, 0.5) is 5.69 Å². The van der Waals surface area contributed by atoms with Gasteiger partial charge in [-0.3, -0.25) is 13.9 Å². The van der Waals surface area contributed by atoms with Gasteiger partial charge in [-0.05, 0) is 61.6 Å². The van der Waals surface area contributed by atoms with Crippen LogP contribution >= 0.6 is 0 Å². The van der Waals surface area contributed by atoms with Gasteiger partial charge in [-0.15, -0.1) is 0 Å². The van der Waals surface area contributed by atoms with Crippen molar-refractivity contribution in [1.29, 1.82) is 0 Å². The van der Waals surface area contributed by atoms with E-state index in [9.17, 15) is 18.0 Å². The second kappa shape index (κ2) is 15.1. The number of rotatable bonds is 13. The molecule has 44 heavy (non-hydrogen) atoms. The van der Waals surface area contributed by atoms with Crippen molar-refractivity contribution in [2.24, 2.45) is 0 Å². The highest BCUT2D eigenvalue weighted by molar-refractivity contribution is 7.92. The molecule has 0 heterocycles. The largest absolute Gasteiger partial charge is 0.497 e. The number of nitrogens with zero attached hydrogens (tertiary/aromatic N) is 2. The number of hydrogen-bond donors (Lipinski definition) is 1. The van der Waals surface area contributed by atoms with Gasteiger partial charge in [0, 0.05) is 18.7 Å². The summed E-state index contributed by atoms with van der Waals surface area (Å²) in [5, 5.41) is 3.18. The summed E-state index contributed by atoms with van der Waals surface area (Å²) in [6.45, 7) is 3.41. The van der Waals surface area contributed by atoms with Gasteiger partial charge in [-0.1, -0.05) is 68.7 Å². The molecular formula is C34H43N3O6S. The van der Waals surface area contributed by atoms with Crippen LogP contribution in [0.2, 0.25) is 0 Å². The number of aryl methyl sites for hydroxylation is 1. The van der Waals surface area contributed by atoms with Gasteiger partial charge >= 0.3 is 0 Å². The van der Waals surface area contributed by atoms with Crippen molar-refractivity contribution in [2.75, 3.05) is 25.1 Å². The van der Waals surface area contributed by atoms with Crippen molar-refractivity contribution < 1.29 is 27.5 Å². The lowest BCUT2D eigenvalue weighted by Crippen LogP contribution is -2.54. The number of benzene rings is 3. The van der Waals surface area contributed by atoms with E-state index in [1.165, 1.54) is 37.3 Å². The minimum Gasteiger partial charge on any atom is -0.497 e. The Kier molecular flexibility index (Phi) is 11.3. The van der Waals surface area contributed by atoms with Gasteiger partial charge in [0.15, 0.2) is 0 Å². The molecule has 9 nitrogen and oxygen atoms in total. The molecule has 1 aliphatic rings. The summed E-state index contributed by atoms with van der Waals surface area (Å²) in [5.41, 5.74) is 2.00. The van der Waals surface area contributed by atoms with Crippen LogP contribution in [-0.2, 0) is 26.2 Å². The normalized spacial score (nSPS) is 14.4. The molecule has 3 aromatic carbocycles. The van der Waals surface area contributed by atoms with Crippen molar-refractivity contribution in [3.63, 3.8) is 0 Å². The predicted molar refractivity (Wildman–Crippen MR) is 171 cm³/mol. The predicted octanol–water partition coefficient (Wildman–Crippen LogP) is 5.46. The van der Waals surface area contributed by atoms with E-state index in [0.717, 1.165) is 47.5 Å². The molecule has 236 valence electrons. The Morgan fingerprint density at radius 1 is 0.932 bits per heavy atom. The molecule has 4 rings (SSSR count). The van der Waals surface area contributed by atoms with Gasteiger partial charge in [0.2, 0.25) is 11.8 Å².